The van der Waals surface area contributed by atoms with Crippen molar-refractivity contribution in [1.82, 2.24) is 4.90 Å². The second-order valence-corrected chi connectivity index (χ2v) is 4.73. The topological polar surface area (TPSA) is 46.3 Å². The van der Waals surface area contributed by atoms with E-state index in [1.165, 1.54) is 6.07 Å². The van der Waals surface area contributed by atoms with Crippen LogP contribution in [0.25, 0.3) is 0 Å². The fourth-order valence-corrected chi connectivity index (χ4v) is 2.19. The van der Waals surface area contributed by atoms with Gasteiger partial charge in [0.05, 0.1) is 5.92 Å². The van der Waals surface area contributed by atoms with Crippen LogP contribution in [-0.2, 0) is 4.79 Å². The second kappa shape index (κ2) is 5.02. The van der Waals surface area contributed by atoms with Crippen molar-refractivity contribution in [2.24, 2.45) is 5.73 Å². The third kappa shape index (κ3) is 2.51. The molecule has 98 valence electrons. The smallest absolute Gasteiger partial charge is 0.229 e. The van der Waals surface area contributed by atoms with Gasteiger partial charge in [-0.2, -0.15) is 0 Å². The van der Waals surface area contributed by atoms with Gasteiger partial charge in [0.25, 0.3) is 0 Å². The standard InChI is InChI=1S/C13H16F2N2O/c1-8(9-2-3-11(14)12(15)6-9)13(18)17-5-4-10(16)7-17/h2-3,6,8,10H,4-5,7,16H2,1H3/t8-,10-/m1/s1. The Morgan fingerprint density at radius 1 is 1.44 bits per heavy atom. The first kappa shape index (κ1) is 13.0. The molecule has 0 aliphatic carbocycles. The highest BCUT2D eigenvalue weighted by atomic mass is 19.2. The van der Waals surface area contributed by atoms with E-state index in [1.54, 1.807) is 11.8 Å². The minimum atomic E-state index is -0.926. The SMILES string of the molecule is C[C@@H](C(=O)N1CC[C@@H](N)C1)c1ccc(F)c(F)c1. The lowest BCUT2D eigenvalue weighted by Crippen LogP contribution is -2.34. The van der Waals surface area contributed by atoms with Crippen molar-refractivity contribution < 1.29 is 13.6 Å². The van der Waals surface area contributed by atoms with Gasteiger partial charge in [0, 0.05) is 19.1 Å². The number of carbonyl (C=O) groups is 1. The molecule has 0 radical (unpaired) electrons. The number of nitrogens with zero attached hydrogens (tertiary/aromatic N) is 1. The maximum absolute atomic E-state index is 13.1. The van der Waals surface area contributed by atoms with Crippen LogP contribution in [0.1, 0.15) is 24.8 Å². The summed E-state index contributed by atoms with van der Waals surface area (Å²) in [4.78, 5) is 13.8. The van der Waals surface area contributed by atoms with Crippen LogP contribution in [0.4, 0.5) is 8.78 Å². The third-order valence-corrected chi connectivity index (χ3v) is 3.35. The molecule has 18 heavy (non-hydrogen) atoms. The normalized spacial score (nSPS) is 21.1. The lowest BCUT2D eigenvalue weighted by molar-refractivity contribution is -0.131. The number of hydrogen-bond acceptors (Lipinski definition) is 2. The van der Waals surface area contributed by atoms with Gasteiger partial charge in [-0.15, -0.1) is 0 Å². The number of benzene rings is 1. The lowest BCUT2D eigenvalue weighted by Gasteiger charge is -2.21. The molecule has 3 nitrogen and oxygen atoms in total. The largest absolute Gasteiger partial charge is 0.341 e. The monoisotopic (exact) mass is 254 g/mol. The predicted octanol–water partition coefficient (Wildman–Crippen LogP) is 1.63. The molecule has 2 N–H and O–H groups in total. The van der Waals surface area contributed by atoms with E-state index < -0.39 is 17.6 Å². The molecule has 1 aromatic carbocycles. The van der Waals surface area contributed by atoms with Gasteiger partial charge in [-0.3, -0.25) is 4.79 Å². The van der Waals surface area contributed by atoms with Crippen LogP contribution in [0.2, 0.25) is 0 Å². The van der Waals surface area contributed by atoms with E-state index in [9.17, 15) is 13.6 Å². The first-order chi connectivity index (χ1) is 8.49. The number of rotatable bonds is 2. The van der Waals surface area contributed by atoms with Crippen LogP contribution in [0.5, 0.6) is 0 Å². The van der Waals surface area contributed by atoms with E-state index in [0.717, 1.165) is 18.6 Å². The molecule has 1 saturated heterocycles. The molecular formula is C13H16F2N2O. The molecule has 0 unspecified atom stereocenters. The lowest BCUT2D eigenvalue weighted by atomic mass is 9.99. The summed E-state index contributed by atoms with van der Waals surface area (Å²) >= 11 is 0. The molecule has 1 aliphatic rings. The zero-order valence-electron chi connectivity index (χ0n) is 10.2. The van der Waals surface area contributed by atoms with Crippen molar-refractivity contribution >= 4 is 5.91 Å². The van der Waals surface area contributed by atoms with Crippen molar-refractivity contribution in [1.29, 1.82) is 0 Å². The second-order valence-electron chi connectivity index (χ2n) is 4.73. The number of hydrogen-bond donors (Lipinski definition) is 1. The summed E-state index contributed by atoms with van der Waals surface area (Å²) in [6, 6.07) is 3.58. The number of carbonyl (C=O) groups excluding carboxylic acids is 1. The van der Waals surface area contributed by atoms with Crippen LogP contribution < -0.4 is 5.73 Å². The number of amides is 1. The van der Waals surface area contributed by atoms with E-state index in [-0.39, 0.29) is 11.9 Å². The Hall–Kier alpha value is -1.49. The van der Waals surface area contributed by atoms with E-state index in [4.69, 9.17) is 5.73 Å². The molecule has 1 aromatic rings. The first-order valence-corrected chi connectivity index (χ1v) is 5.98. The molecular weight excluding hydrogens is 238 g/mol. The van der Waals surface area contributed by atoms with E-state index in [1.807, 2.05) is 0 Å². The highest BCUT2D eigenvalue weighted by molar-refractivity contribution is 5.83. The summed E-state index contributed by atoms with van der Waals surface area (Å²) < 4.78 is 26.0. The molecule has 0 spiro atoms. The molecule has 0 bridgehead atoms. The van der Waals surface area contributed by atoms with E-state index >= 15 is 0 Å². The molecule has 0 saturated carbocycles. The Balaban J connectivity index is 2.12. The maximum Gasteiger partial charge on any atom is 0.229 e. The van der Waals surface area contributed by atoms with Crippen molar-refractivity contribution in [3.63, 3.8) is 0 Å². The Kier molecular flexibility index (Phi) is 3.61. The van der Waals surface area contributed by atoms with Crippen LogP contribution >= 0.6 is 0 Å². The maximum atomic E-state index is 13.1. The third-order valence-electron chi connectivity index (χ3n) is 3.35. The van der Waals surface area contributed by atoms with Gasteiger partial charge in [-0.1, -0.05) is 6.07 Å². The average Bonchev–Trinajstić information content (AvgIpc) is 2.77. The van der Waals surface area contributed by atoms with Crippen LogP contribution in [0.3, 0.4) is 0 Å². The minimum absolute atomic E-state index is 0.0195. The summed E-state index contributed by atoms with van der Waals surface area (Å²) in [6.07, 6.45) is 0.788. The van der Waals surface area contributed by atoms with Gasteiger partial charge in [-0.25, -0.2) is 8.78 Å². The van der Waals surface area contributed by atoms with Gasteiger partial charge < -0.3 is 10.6 Å². The van der Waals surface area contributed by atoms with Crippen LogP contribution in [0, 0.1) is 11.6 Å². The first-order valence-electron chi connectivity index (χ1n) is 5.98. The Bertz CT molecular complexity index is 464. The fourth-order valence-electron chi connectivity index (χ4n) is 2.19. The van der Waals surface area contributed by atoms with Crippen molar-refractivity contribution in [2.45, 2.75) is 25.3 Å². The summed E-state index contributed by atoms with van der Waals surface area (Å²) in [5.74, 6) is -2.40. The van der Waals surface area contributed by atoms with Crippen LogP contribution in [0.15, 0.2) is 18.2 Å². The Morgan fingerprint density at radius 2 is 2.17 bits per heavy atom. The number of halogens is 2. The van der Waals surface area contributed by atoms with Crippen molar-refractivity contribution in [2.75, 3.05) is 13.1 Å². The summed E-state index contributed by atoms with van der Waals surface area (Å²) in [5, 5.41) is 0. The summed E-state index contributed by atoms with van der Waals surface area (Å²) in [6.45, 7) is 2.86. The van der Waals surface area contributed by atoms with E-state index in [0.29, 0.717) is 18.7 Å². The molecule has 1 aliphatic heterocycles. The highest BCUT2D eigenvalue weighted by Gasteiger charge is 2.28. The molecule has 1 amide bonds. The van der Waals surface area contributed by atoms with Gasteiger partial charge in [0.15, 0.2) is 11.6 Å². The molecule has 1 heterocycles. The zero-order valence-corrected chi connectivity index (χ0v) is 10.2. The average molecular weight is 254 g/mol. The number of likely N-dealkylation sites (tertiary alicyclic amines) is 1. The van der Waals surface area contributed by atoms with Gasteiger partial charge in [-0.05, 0) is 31.0 Å². The van der Waals surface area contributed by atoms with Gasteiger partial charge in [0.2, 0.25) is 5.91 Å². The van der Waals surface area contributed by atoms with Crippen molar-refractivity contribution in [3.8, 4) is 0 Å². The summed E-state index contributed by atoms with van der Waals surface area (Å²) in [5.41, 5.74) is 6.23. The van der Waals surface area contributed by atoms with Crippen molar-refractivity contribution in [3.05, 3.63) is 35.4 Å². The minimum Gasteiger partial charge on any atom is -0.341 e. The highest BCUT2D eigenvalue weighted by Crippen LogP contribution is 2.22. The molecule has 1 fully saturated rings. The molecule has 2 rings (SSSR count). The molecule has 0 aromatic heterocycles. The molecule has 2 atom stereocenters. The Morgan fingerprint density at radius 3 is 2.72 bits per heavy atom. The summed E-state index contributed by atoms with van der Waals surface area (Å²) in [7, 11) is 0. The van der Waals surface area contributed by atoms with E-state index in [2.05, 4.69) is 0 Å². The molecule has 5 heteroatoms. The predicted molar refractivity (Wildman–Crippen MR) is 63.9 cm³/mol. The van der Waals surface area contributed by atoms with Gasteiger partial charge in [0.1, 0.15) is 0 Å². The quantitative estimate of drug-likeness (QED) is 0.872. The zero-order chi connectivity index (χ0) is 13.3. The van der Waals surface area contributed by atoms with Gasteiger partial charge >= 0.3 is 0 Å². The Labute approximate surface area is 105 Å². The van der Waals surface area contributed by atoms with Crippen LogP contribution in [-0.4, -0.2) is 29.9 Å². The fraction of sp³-hybridized carbons (Fsp3) is 0.462. The number of nitrogens with two attached hydrogens (primary N) is 1.